The summed E-state index contributed by atoms with van der Waals surface area (Å²) in [6.07, 6.45) is 2.41. The summed E-state index contributed by atoms with van der Waals surface area (Å²) in [6, 6.07) is 2.07. The molecule has 1 aromatic rings. The first-order chi connectivity index (χ1) is 6.77. The van der Waals surface area contributed by atoms with Crippen molar-refractivity contribution < 1.29 is 4.79 Å². The van der Waals surface area contributed by atoms with Gasteiger partial charge in [0.2, 0.25) is 0 Å². The topological polar surface area (TPSA) is 29.1 Å². The van der Waals surface area contributed by atoms with Crippen LogP contribution in [0, 0.1) is 0 Å². The lowest BCUT2D eigenvalue weighted by Crippen LogP contribution is -2.26. The maximum absolute atomic E-state index is 11.1. The monoisotopic (exact) mass is 209 g/mol. The van der Waals surface area contributed by atoms with Crippen LogP contribution in [0.4, 0.5) is 0 Å². The maximum atomic E-state index is 11.1. The summed E-state index contributed by atoms with van der Waals surface area (Å²) in [5.74, 6) is 0.857. The average Bonchev–Trinajstić information content (AvgIpc) is 2.68. The standard InChI is InChI=1S/C11H15NOS/c1-8(13)10-6-11(14-7-10)9-2-4-12-5-3-9/h6-7,9,12H,2-5H2,1H3. The number of nitrogens with one attached hydrogen (secondary N) is 1. The average molecular weight is 209 g/mol. The largest absolute Gasteiger partial charge is 0.317 e. The number of hydrogen-bond donors (Lipinski definition) is 1. The van der Waals surface area contributed by atoms with Crippen LogP contribution >= 0.6 is 11.3 Å². The van der Waals surface area contributed by atoms with Gasteiger partial charge in [-0.3, -0.25) is 4.79 Å². The molecule has 1 fully saturated rings. The van der Waals surface area contributed by atoms with E-state index in [-0.39, 0.29) is 5.78 Å². The molecule has 1 N–H and O–H groups in total. The summed E-state index contributed by atoms with van der Waals surface area (Å²) in [4.78, 5) is 12.5. The van der Waals surface area contributed by atoms with Gasteiger partial charge in [-0.25, -0.2) is 0 Å². The van der Waals surface area contributed by atoms with Gasteiger partial charge < -0.3 is 5.32 Å². The van der Waals surface area contributed by atoms with Crippen molar-refractivity contribution in [3.8, 4) is 0 Å². The Bertz CT molecular complexity index is 326. The van der Waals surface area contributed by atoms with Crippen molar-refractivity contribution in [1.29, 1.82) is 0 Å². The van der Waals surface area contributed by atoms with Gasteiger partial charge in [-0.15, -0.1) is 11.3 Å². The molecule has 2 nitrogen and oxygen atoms in total. The van der Waals surface area contributed by atoms with E-state index >= 15 is 0 Å². The van der Waals surface area contributed by atoms with E-state index in [2.05, 4.69) is 11.4 Å². The minimum absolute atomic E-state index is 0.182. The number of carbonyl (C=O) groups excluding carboxylic acids is 1. The highest BCUT2D eigenvalue weighted by atomic mass is 32.1. The third-order valence-electron chi connectivity index (χ3n) is 2.77. The van der Waals surface area contributed by atoms with E-state index in [9.17, 15) is 4.79 Å². The summed E-state index contributed by atoms with van der Waals surface area (Å²) in [7, 11) is 0. The minimum atomic E-state index is 0.182. The number of rotatable bonds is 2. The lowest BCUT2D eigenvalue weighted by Gasteiger charge is -2.21. The molecule has 0 bridgehead atoms. The smallest absolute Gasteiger partial charge is 0.160 e. The summed E-state index contributed by atoms with van der Waals surface area (Å²) < 4.78 is 0. The first kappa shape index (κ1) is 9.87. The fourth-order valence-corrected chi connectivity index (χ4v) is 2.98. The molecule has 0 spiro atoms. The number of ketones is 1. The third kappa shape index (κ3) is 2.04. The fraction of sp³-hybridized carbons (Fsp3) is 0.545. The second kappa shape index (κ2) is 4.24. The first-order valence-electron chi connectivity index (χ1n) is 5.07. The molecule has 0 amide bonds. The van der Waals surface area contributed by atoms with Crippen LogP contribution in [0.3, 0.4) is 0 Å². The first-order valence-corrected chi connectivity index (χ1v) is 5.95. The molecular weight excluding hydrogens is 194 g/mol. The molecule has 0 aliphatic carbocycles. The van der Waals surface area contributed by atoms with Gasteiger partial charge in [-0.2, -0.15) is 0 Å². The van der Waals surface area contributed by atoms with Gasteiger partial charge in [-0.05, 0) is 44.8 Å². The van der Waals surface area contributed by atoms with E-state index in [1.54, 1.807) is 18.3 Å². The lowest BCUT2D eigenvalue weighted by molar-refractivity contribution is 0.101. The summed E-state index contributed by atoms with van der Waals surface area (Å²) in [5, 5.41) is 5.34. The molecular formula is C11H15NOS. The Morgan fingerprint density at radius 2 is 2.21 bits per heavy atom. The Hall–Kier alpha value is -0.670. The second-order valence-corrected chi connectivity index (χ2v) is 4.76. The molecule has 0 radical (unpaired) electrons. The van der Waals surface area contributed by atoms with Gasteiger partial charge in [0.25, 0.3) is 0 Å². The number of carbonyl (C=O) groups is 1. The van der Waals surface area contributed by atoms with Crippen LogP contribution in [0.15, 0.2) is 11.4 Å². The van der Waals surface area contributed by atoms with Gasteiger partial charge in [0.15, 0.2) is 5.78 Å². The zero-order valence-electron chi connectivity index (χ0n) is 8.38. The van der Waals surface area contributed by atoms with Gasteiger partial charge >= 0.3 is 0 Å². The molecule has 0 saturated carbocycles. The molecule has 1 aliphatic heterocycles. The summed E-state index contributed by atoms with van der Waals surface area (Å²) >= 11 is 1.74. The molecule has 0 unspecified atom stereocenters. The normalized spacial score (nSPS) is 18.4. The quantitative estimate of drug-likeness (QED) is 0.758. The van der Waals surface area contributed by atoms with E-state index in [4.69, 9.17) is 0 Å². The van der Waals surface area contributed by atoms with Gasteiger partial charge in [0.1, 0.15) is 0 Å². The van der Waals surface area contributed by atoms with Gasteiger partial charge in [0.05, 0.1) is 0 Å². The van der Waals surface area contributed by atoms with Crippen LogP contribution in [-0.2, 0) is 0 Å². The highest BCUT2D eigenvalue weighted by molar-refractivity contribution is 7.10. The van der Waals surface area contributed by atoms with E-state index < -0.39 is 0 Å². The highest BCUT2D eigenvalue weighted by Gasteiger charge is 2.17. The van der Waals surface area contributed by atoms with Crippen LogP contribution in [0.25, 0.3) is 0 Å². The van der Waals surface area contributed by atoms with Crippen LogP contribution in [0.2, 0.25) is 0 Å². The minimum Gasteiger partial charge on any atom is -0.317 e. The molecule has 1 aliphatic rings. The molecule has 1 aromatic heterocycles. The maximum Gasteiger partial charge on any atom is 0.160 e. The van der Waals surface area contributed by atoms with Crippen molar-refractivity contribution in [2.24, 2.45) is 0 Å². The molecule has 76 valence electrons. The van der Waals surface area contributed by atoms with Crippen molar-refractivity contribution in [2.45, 2.75) is 25.7 Å². The zero-order chi connectivity index (χ0) is 9.97. The predicted octanol–water partition coefficient (Wildman–Crippen LogP) is 2.42. The van der Waals surface area contributed by atoms with Gasteiger partial charge in [-0.1, -0.05) is 0 Å². The number of piperidine rings is 1. The predicted molar refractivity (Wildman–Crippen MR) is 59.2 cm³/mol. The summed E-state index contributed by atoms with van der Waals surface area (Å²) in [6.45, 7) is 3.85. The summed E-state index contributed by atoms with van der Waals surface area (Å²) in [5.41, 5.74) is 0.878. The van der Waals surface area contributed by atoms with Crippen molar-refractivity contribution >= 4 is 17.1 Å². The van der Waals surface area contributed by atoms with E-state index in [0.717, 1.165) is 18.7 Å². The second-order valence-electron chi connectivity index (χ2n) is 3.82. The SMILES string of the molecule is CC(=O)c1csc(C2CCNCC2)c1. The number of thiophene rings is 1. The van der Waals surface area contributed by atoms with Crippen molar-refractivity contribution in [2.75, 3.05) is 13.1 Å². The number of hydrogen-bond acceptors (Lipinski definition) is 3. The van der Waals surface area contributed by atoms with Crippen LogP contribution in [0.5, 0.6) is 0 Å². The number of Topliss-reactive ketones (excluding diaryl/α,β-unsaturated/α-hetero) is 1. The molecule has 2 rings (SSSR count). The van der Waals surface area contributed by atoms with Crippen molar-refractivity contribution in [1.82, 2.24) is 5.32 Å². The van der Waals surface area contributed by atoms with Crippen molar-refractivity contribution in [3.05, 3.63) is 21.9 Å². The molecule has 2 heterocycles. The lowest BCUT2D eigenvalue weighted by atomic mass is 9.96. The van der Waals surface area contributed by atoms with E-state index in [1.165, 1.54) is 17.7 Å². The highest BCUT2D eigenvalue weighted by Crippen LogP contribution is 2.30. The fourth-order valence-electron chi connectivity index (χ4n) is 1.86. The third-order valence-corrected chi connectivity index (χ3v) is 3.86. The van der Waals surface area contributed by atoms with E-state index in [0.29, 0.717) is 5.92 Å². The molecule has 0 atom stereocenters. The zero-order valence-corrected chi connectivity index (χ0v) is 9.19. The van der Waals surface area contributed by atoms with Crippen LogP contribution in [0.1, 0.15) is 40.9 Å². The van der Waals surface area contributed by atoms with Crippen LogP contribution < -0.4 is 5.32 Å². The van der Waals surface area contributed by atoms with Gasteiger partial charge in [0, 0.05) is 15.8 Å². The molecule has 14 heavy (non-hydrogen) atoms. The molecule has 3 heteroatoms. The van der Waals surface area contributed by atoms with Crippen molar-refractivity contribution in [3.63, 3.8) is 0 Å². The molecule has 0 aromatic carbocycles. The Morgan fingerprint density at radius 3 is 2.79 bits per heavy atom. The van der Waals surface area contributed by atoms with E-state index in [1.807, 2.05) is 5.38 Å². The Balaban J connectivity index is 2.11. The Labute approximate surface area is 88.3 Å². The molecule has 1 saturated heterocycles. The van der Waals surface area contributed by atoms with Crippen LogP contribution in [-0.4, -0.2) is 18.9 Å². The Kier molecular flexibility index (Phi) is 2.99. The Morgan fingerprint density at radius 1 is 1.50 bits per heavy atom.